The van der Waals surface area contributed by atoms with Crippen LogP contribution >= 0.6 is 0 Å². The number of anilines is 1. The molecule has 128 valence electrons. The number of hydrogen-bond donors (Lipinski definition) is 2. The van der Waals surface area contributed by atoms with Crippen LogP contribution in [0, 0.1) is 5.92 Å². The number of hydrogen-bond acceptors (Lipinski definition) is 4. The molecule has 2 heterocycles. The molecule has 2 aromatic rings. The number of rotatable bonds is 4. The largest absolute Gasteiger partial charge is 0.380 e. The van der Waals surface area contributed by atoms with Crippen LogP contribution < -0.4 is 10.6 Å². The average Bonchev–Trinajstić information content (AvgIpc) is 3.03. The number of urea groups is 1. The molecular formula is C17H23N5O2. The Morgan fingerprint density at radius 1 is 1.38 bits per heavy atom. The van der Waals surface area contributed by atoms with Gasteiger partial charge in [0.1, 0.15) is 0 Å². The Morgan fingerprint density at radius 3 is 3.08 bits per heavy atom. The lowest BCUT2D eigenvalue weighted by Crippen LogP contribution is -2.38. The lowest BCUT2D eigenvalue weighted by molar-refractivity contribution is 0.122. The zero-order chi connectivity index (χ0) is 16.8. The van der Waals surface area contributed by atoms with E-state index in [0.29, 0.717) is 24.8 Å². The van der Waals surface area contributed by atoms with Crippen molar-refractivity contribution in [2.45, 2.75) is 0 Å². The molecule has 1 aromatic carbocycles. The second kappa shape index (κ2) is 7.94. The van der Waals surface area contributed by atoms with Gasteiger partial charge in [-0.1, -0.05) is 12.1 Å². The predicted octanol–water partition coefficient (Wildman–Crippen LogP) is 1.57. The Labute approximate surface area is 141 Å². The Bertz CT molecular complexity index is 659. The normalized spacial score (nSPS) is 18.8. The smallest absolute Gasteiger partial charge is 0.319 e. The van der Waals surface area contributed by atoms with E-state index in [1.165, 1.54) is 0 Å². The van der Waals surface area contributed by atoms with Gasteiger partial charge in [-0.15, -0.1) is 0 Å². The van der Waals surface area contributed by atoms with Crippen molar-refractivity contribution in [2.75, 3.05) is 45.2 Å². The molecule has 2 N–H and O–H groups in total. The topological polar surface area (TPSA) is 71.4 Å². The number of benzene rings is 1. The van der Waals surface area contributed by atoms with Crippen molar-refractivity contribution in [3.8, 4) is 5.69 Å². The third-order valence-electron chi connectivity index (χ3n) is 4.00. The van der Waals surface area contributed by atoms with E-state index in [4.69, 9.17) is 4.74 Å². The first-order valence-corrected chi connectivity index (χ1v) is 8.12. The first kappa shape index (κ1) is 16.5. The molecule has 1 fully saturated rings. The molecule has 24 heavy (non-hydrogen) atoms. The van der Waals surface area contributed by atoms with Crippen LogP contribution in [0.4, 0.5) is 10.5 Å². The van der Waals surface area contributed by atoms with E-state index < -0.39 is 0 Å². The maximum atomic E-state index is 12.2. The van der Waals surface area contributed by atoms with Crippen LogP contribution in [0.25, 0.3) is 5.69 Å². The van der Waals surface area contributed by atoms with Crippen molar-refractivity contribution in [1.82, 2.24) is 20.0 Å². The monoisotopic (exact) mass is 329 g/mol. The fourth-order valence-electron chi connectivity index (χ4n) is 2.77. The van der Waals surface area contributed by atoms with Crippen LogP contribution in [0.15, 0.2) is 42.7 Å². The summed E-state index contributed by atoms with van der Waals surface area (Å²) in [6, 6.07) is 9.20. The second-order valence-corrected chi connectivity index (χ2v) is 6.01. The molecule has 0 radical (unpaired) electrons. The molecule has 1 atom stereocenters. The van der Waals surface area contributed by atoms with Gasteiger partial charge in [0.05, 0.1) is 24.6 Å². The molecule has 0 unspecified atom stereocenters. The third-order valence-corrected chi connectivity index (χ3v) is 4.00. The number of amides is 2. The maximum Gasteiger partial charge on any atom is 0.319 e. The molecule has 0 bridgehead atoms. The standard InChI is InChI=1S/C17H23N5O2/c1-21-9-10-24-13-14(12-21)11-18-17(23)20-15-5-2-3-6-16(15)22-8-4-7-19-22/h2-8,14H,9-13H2,1H3,(H2,18,20,23)/t14-/m1/s1. The van der Waals surface area contributed by atoms with E-state index in [9.17, 15) is 4.79 Å². The van der Waals surface area contributed by atoms with Crippen LogP contribution in [0.2, 0.25) is 0 Å². The zero-order valence-electron chi connectivity index (χ0n) is 13.8. The minimum absolute atomic E-state index is 0.221. The highest BCUT2D eigenvalue weighted by Crippen LogP contribution is 2.18. The molecule has 0 aliphatic carbocycles. The Hall–Kier alpha value is -2.38. The van der Waals surface area contributed by atoms with Crippen molar-refractivity contribution in [2.24, 2.45) is 5.92 Å². The van der Waals surface area contributed by atoms with Crippen LogP contribution in [0.5, 0.6) is 0 Å². The fourth-order valence-corrected chi connectivity index (χ4v) is 2.77. The van der Waals surface area contributed by atoms with Gasteiger partial charge in [-0.25, -0.2) is 9.48 Å². The highest BCUT2D eigenvalue weighted by Gasteiger charge is 2.17. The van der Waals surface area contributed by atoms with Gasteiger partial charge < -0.3 is 20.3 Å². The van der Waals surface area contributed by atoms with Gasteiger partial charge in [0, 0.05) is 37.9 Å². The first-order chi connectivity index (χ1) is 11.7. The number of ether oxygens (including phenoxy) is 1. The molecule has 3 rings (SSSR count). The first-order valence-electron chi connectivity index (χ1n) is 8.12. The minimum atomic E-state index is -0.221. The second-order valence-electron chi connectivity index (χ2n) is 6.01. The van der Waals surface area contributed by atoms with Gasteiger partial charge in [-0.3, -0.25) is 0 Å². The number of likely N-dealkylation sites (N-methyl/N-ethyl adjacent to an activating group) is 1. The molecular weight excluding hydrogens is 306 g/mol. The number of aromatic nitrogens is 2. The summed E-state index contributed by atoms with van der Waals surface area (Å²) in [6.07, 6.45) is 3.55. The van der Waals surface area contributed by atoms with E-state index in [0.717, 1.165) is 25.4 Å². The molecule has 2 amide bonds. The number of para-hydroxylation sites is 2. The molecule has 1 saturated heterocycles. The molecule has 1 aliphatic heterocycles. The summed E-state index contributed by atoms with van der Waals surface area (Å²) in [6.45, 7) is 3.86. The minimum Gasteiger partial charge on any atom is -0.380 e. The van der Waals surface area contributed by atoms with Gasteiger partial charge in [0.2, 0.25) is 0 Å². The van der Waals surface area contributed by atoms with E-state index >= 15 is 0 Å². The molecule has 1 aliphatic rings. The van der Waals surface area contributed by atoms with Gasteiger partial charge in [0.25, 0.3) is 0 Å². The van der Waals surface area contributed by atoms with E-state index in [1.54, 1.807) is 10.9 Å². The van der Waals surface area contributed by atoms with Crippen molar-refractivity contribution in [3.63, 3.8) is 0 Å². The summed E-state index contributed by atoms with van der Waals surface area (Å²) in [5, 5.41) is 10.1. The number of nitrogens with zero attached hydrogens (tertiary/aromatic N) is 3. The number of nitrogens with one attached hydrogen (secondary N) is 2. The molecule has 1 aromatic heterocycles. The number of carbonyl (C=O) groups is 1. The molecule has 0 spiro atoms. The summed E-state index contributed by atoms with van der Waals surface area (Å²) in [4.78, 5) is 14.5. The van der Waals surface area contributed by atoms with Crippen LogP contribution in [-0.2, 0) is 4.74 Å². The van der Waals surface area contributed by atoms with Crippen molar-refractivity contribution in [3.05, 3.63) is 42.7 Å². The summed E-state index contributed by atoms with van der Waals surface area (Å²) < 4.78 is 7.30. The van der Waals surface area contributed by atoms with E-state index in [1.807, 2.05) is 36.5 Å². The Kier molecular flexibility index (Phi) is 5.45. The fraction of sp³-hybridized carbons (Fsp3) is 0.412. The lowest BCUT2D eigenvalue weighted by Gasteiger charge is -2.19. The predicted molar refractivity (Wildman–Crippen MR) is 92.4 cm³/mol. The summed E-state index contributed by atoms with van der Waals surface area (Å²) in [7, 11) is 2.07. The summed E-state index contributed by atoms with van der Waals surface area (Å²) in [5.74, 6) is 0.296. The quantitative estimate of drug-likeness (QED) is 0.893. The highest BCUT2D eigenvalue weighted by atomic mass is 16.5. The average molecular weight is 329 g/mol. The van der Waals surface area contributed by atoms with Crippen molar-refractivity contribution >= 4 is 11.7 Å². The van der Waals surface area contributed by atoms with Crippen molar-refractivity contribution < 1.29 is 9.53 Å². The van der Waals surface area contributed by atoms with E-state index in [2.05, 4.69) is 27.7 Å². The highest BCUT2D eigenvalue weighted by molar-refractivity contribution is 5.91. The summed E-state index contributed by atoms with van der Waals surface area (Å²) >= 11 is 0. The van der Waals surface area contributed by atoms with Gasteiger partial charge >= 0.3 is 6.03 Å². The third kappa shape index (κ3) is 4.33. The van der Waals surface area contributed by atoms with Gasteiger partial charge in [0.15, 0.2) is 0 Å². The molecule has 7 heteroatoms. The summed E-state index contributed by atoms with van der Waals surface area (Å²) in [5.41, 5.74) is 1.54. The van der Waals surface area contributed by atoms with Gasteiger partial charge in [-0.05, 0) is 25.2 Å². The van der Waals surface area contributed by atoms with Crippen LogP contribution in [0.1, 0.15) is 0 Å². The van der Waals surface area contributed by atoms with Crippen LogP contribution in [-0.4, -0.2) is 60.6 Å². The van der Waals surface area contributed by atoms with Crippen LogP contribution in [0.3, 0.4) is 0 Å². The Balaban J connectivity index is 1.57. The molecule has 0 saturated carbocycles. The lowest BCUT2D eigenvalue weighted by atomic mass is 10.1. The van der Waals surface area contributed by atoms with Crippen molar-refractivity contribution in [1.29, 1.82) is 0 Å². The Morgan fingerprint density at radius 2 is 2.25 bits per heavy atom. The molecule has 7 nitrogen and oxygen atoms in total. The van der Waals surface area contributed by atoms with Gasteiger partial charge in [-0.2, -0.15) is 5.10 Å². The zero-order valence-corrected chi connectivity index (χ0v) is 13.8. The number of carbonyl (C=O) groups excluding carboxylic acids is 1. The van der Waals surface area contributed by atoms with E-state index in [-0.39, 0.29) is 6.03 Å². The maximum absolute atomic E-state index is 12.2. The SMILES string of the molecule is CN1CCOC[C@H](CNC(=O)Nc2ccccc2-n2cccn2)C1.